The van der Waals surface area contributed by atoms with Gasteiger partial charge >= 0.3 is 0 Å². The van der Waals surface area contributed by atoms with Crippen molar-refractivity contribution < 1.29 is 14.3 Å². The molecule has 29 heavy (non-hydrogen) atoms. The third-order valence-corrected chi connectivity index (χ3v) is 6.33. The summed E-state index contributed by atoms with van der Waals surface area (Å²) in [6.45, 7) is 1.36. The Morgan fingerprint density at radius 2 is 2.00 bits per heavy atom. The van der Waals surface area contributed by atoms with Crippen LogP contribution in [0.4, 0.5) is 10.2 Å². The van der Waals surface area contributed by atoms with Crippen molar-refractivity contribution in [1.82, 2.24) is 9.97 Å². The lowest BCUT2D eigenvalue weighted by Gasteiger charge is -2.23. The molecule has 5 rings (SSSR count). The highest BCUT2D eigenvalue weighted by Crippen LogP contribution is 2.55. The maximum absolute atomic E-state index is 14.0. The highest BCUT2D eigenvalue weighted by Gasteiger charge is 2.55. The highest BCUT2D eigenvalue weighted by molar-refractivity contribution is 5.92. The van der Waals surface area contributed by atoms with Crippen molar-refractivity contribution in [3.63, 3.8) is 0 Å². The Bertz CT molecular complexity index is 1130. The number of aromatic nitrogens is 2. The van der Waals surface area contributed by atoms with E-state index < -0.39 is 5.41 Å². The number of aromatic hydroxyl groups is 1. The van der Waals surface area contributed by atoms with Gasteiger partial charge in [-0.2, -0.15) is 0 Å². The van der Waals surface area contributed by atoms with Crippen LogP contribution >= 0.6 is 0 Å². The molecule has 0 unspecified atom stereocenters. The van der Waals surface area contributed by atoms with Gasteiger partial charge in [0, 0.05) is 18.5 Å². The van der Waals surface area contributed by atoms with Crippen molar-refractivity contribution in [2.45, 2.75) is 19.3 Å². The molecule has 1 aliphatic carbocycles. The van der Waals surface area contributed by atoms with E-state index in [-0.39, 0.29) is 23.4 Å². The number of hydrogen-bond acceptors (Lipinski definition) is 5. The molecule has 2 heterocycles. The average molecular weight is 392 g/mol. The van der Waals surface area contributed by atoms with Crippen molar-refractivity contribution in [3.8, 4) is 17.1 Å². The van der Waals surface area contributed by atoms with Crippen LogP contribution in [0, 0.1) is 17.2 Å². The van der Waals surface area contributed by atoms with Gasteiger partial charge in [0.15, 0.2) is 5.82 Å². The van der Waals surface area contributed by atoms with Crippen molar-refractivity contribution in [2.75, 3.05) is 18.0 Å². The second-order valence-electron chi connectivity index (χ2n) is 8.00. The van der Waals surface area contributed by atoms with E-state index in [2.05, 4.69) is 9.88 Å². The summed E-state index contributed by atoms with van der Waals surface area (Å²) >= 11 is 0. The third-order valence-electron chi connectivity index (χ3n) is 6.33. The standard InChI is InChI=1S/C22H21FN4O2/c23-14-5-6-17-16(11-14)20(26-19(25-17)15-3-1-2-4-18(15)28)27-10-7-13(12-27)22(8-9-22)21(24)29/h1-6,11,13,28H,7-10,12H2,(H2,24,29)/t13-/m0/s1. The molecule has 1 saturated carbocycles. The molecule has 0 spiro atoms. The van der Waals surface area contributed by atoms with E-state index in [9.17, 15) is 14.3 Å². The van der Waals surface area contributed by atoms with E-state index in [1.54, 1.807) is 24.3 Å². The number of fused-ring (bicyclic) bond motifs is 1. The molecule has 0 radical (unpaired) electrons. The molecular formula is C22H21FN4O2. The molecule has 1 amide bonds. The summed E-state index contributed by atoms with van der Waals surface area (Å²) in [5, 5.41) is 10.9. The second kappa shape index (κ2) is 6.40. The molecule has 1 atom stereocenters. The number of carbonyl (C=O) groups excluding carboxylic acids is 1. The Morgan fingerprint density at radius 1 is 1.21 bits per heavy atom. The van der Waals surface area contributed by atoms with Crippen LogP contribution in [0.3, 0.4) is 0 Å². The minimum Gasteiger partial charge on any atom is -0.507 e. The van der Waals surface area contributed by atoms with Crippen molar-refractivity contribution in [2.24, 2.45) is 17.1 Å². The lowest BCUT2D eigenvalue weighted by molar-refractivity contribution is -0.124. The SMILES string of the molecule is NC(=O)C1([C@H]2CCN(c3nc(-c4ccccc4O)nc4ccc(F)cc34)C2)CC1. The maximum Gasteiger partial charge on any atom is 0.223 e. The fraction of sp³-hybridized carbons (Fsp3) is 0.318. The third kappa shape index (κ3) is 2.88. The lowest BCUT2D eigenvalue weighted by Crippen LogP contribution is -2.33. The smallest absolute Gasteiger partial charge is 0.223 e. The molecule has 6 nitrogen and oxygen atoms in total. The van der Waals surface area contributed by atoms with Gasteiger partial charge in [0.25, 0.3) is 0 Å². The number of carbonyl (C=O) groups is 1. The van der Waals surface area contributed by atoms with Gasteiger partial charge in [-0.1, -0.05) is 12.1 Å². The van der Waals surface area contributed by atoms with Crippen LogP contribution in [0.2, 0.25) is 0 Å². The first-order valence-corrected chi connectivity index (χ1v) is 9.78. The highest BCUT2D eigenvalue weighted by atomic mass is 19.1. The number of nitrogens with two attached hydrogens (primary N) is 1. The normalized spacial score (nSPS) is 20.2. The van der Waals surface area contributed by atoms with Gasteiger partial charge in [0.05, 0.1) is 16.5 Å². The van der Waals surface area contributed by atoms with E-state index in [1.165, 1.54) is 12.1 Å². The summed E-state index contributed by atoms with van der Waals surface area (Å²) in [6.07, 6.45) is 2.52. The minimum atomic E-state index is -0.399. The number of phenolic OH excluding ortho intramolecular Hbond substituents is 1. The maximum atomic E-state index is 14.0. The summed E-state index contributed by atoms with van der Waals surface area (Å²) in [4.78, 5) is 23.3. The molecule has 148 valence electrons. The van der Waals surface area contributed by atoms with Gasteiger partial charge in [-0.05, 0) is 55.5 Å². The fourth-order valence-corrected chi connectivity index (χ4v) is 4.50. The monoisotopic (exact) mass is 392 g/mol. The van der Waals surface area contributed by atoms with E-state index in [1.807, 2.05) is 6.07 Å². The van der Waals surface area contributed by atoms with Gasteiger partial charge in [0.2, 0.25) is 5.91 Å². The Morgan fingerprint density at radius 3 is 2.72 bits per heavy atom. The molecule has 0 bridgehead atoms. The zero-order valence-corrected chi connectivity index (χ0v) is 15.8. The van der Waals surface area contributed by atoms with Gasteiger partial charge in [-0.3, -0.25) is 4.79 Å². The number of para-hydroxylation sites is 1. The summed E-state index contributed by atoms with van der Waals surface area (Å²) in [7, 11) is 0. The molecule has 2 aromatic carbocycles. The summed E-state index contributed by atoms with van der Waals surface area (Å²) in [6, 6.07) is 11.3. The number of halogens is 1. The molecular weight excluding hydrogens is 371 g/mol. The van der Waals surface area contributed by atoms with Crippen LogP contribution in [-0.4, -0.2) is 34.1 Å². The number of rotatable bonds is 4. The number of hydrogen-bond donors (Lipinski definition) is 2. The summed E-state index contributed by atoms with van der Waals surface area (Å²) in [5.74, 6) is 0.686. The van der Waals surface area contributed by atoms with Gasteiger partial charge in [0.1, 0.15) is 17.4 Å². The predicted octanol–water partition coefficient (Wildman–Crippen LogP) is 3.23. The van der Waals surface area contributed by atoms with Crippen molar-refractivity contribution in [1.29, 1.82) is 0 Å². The van der Waals surface area contributed by atoms with E-state index >= 15 is 0 Å². The lowest BCUT2D eigenvalue weighted by atomic mass is 9.88. The first-order chi connectivity index (χ1) is 14.0. The van der Waals surface area contributed by atoms with Crippen LogP contribution < -0.4 is 10.6 Å². The fourth-order valence-electron chi connectivity index (χ4n) is 4.50. The number of benzene rings is 2. The zero-order valence-electron chi connectivity index (χ0n) is 15.8. The molecule has 1 saturated heterocycles. The van der Waals surface area contributed by atoms with Crippen LogP contribution in [-0.2, 0) is 4.79 Å². The zero-order chi connectivity index (χ0) is 20.2. The van der Waals surface area contributed by atoms with Crippen molar-refractivity contribution >= 4 is 22.6 Å². The van der Waals surface area contributed by atoms with E-state index in [0.717, 1.165) is 19.3 Å². The Hall–Kier alpha value is -3.22. The molecule has 1 aromatic heterocycles. The Kier molecular flexibility index (Phi) is 3.94. The van der Waals surface area contributed by atoms with Gasteiger partial charge in [-0.25, -0.2) is 14.4 Å². The first kappa shape index (κ1) is 17.8. The molecule has 1 aliphatic heterocycles. The predicted molar refractivity (Wildman–Crippen MR) is 108 cm³/mol. The number of primary amides is 1. The number of phenols is 1. The van der Waals surface area contributed by atoms with Crippen LogP contribution in [0.25, 0.3) is 22.3 Å². The van der Waals surface area contributed by atoms with Gasteiger partial charge < -0.3 is 15.7 Å². The first-order valence-electron chi connectivity index (χ1n) is 9.78. The molecule has 3 aromatic rings. The average Bonchev–Trinajstić information content (AvgIpc) is 3.38. The van der Waals surface area contributed by atoms with Crippen molar-refractivity contribution in [3.05, 3.63) is 48.3 Å². The van der Waals surface area contributed by atoms with E-state index in [4.69, 9.17) is 10.7 Å². The number of anilines is 1. The van der Waals surface area contributed by atoms with Crippen LogP contribution in [0.5, 0.6) is 5.75 Å². The quantitative estimate of drug-likeness (QED) is 0.711. The number of amides is 1. The van der Waals surface area contributed by atoms with E-state index in [0.29, 0.717) is 41.2 Å². The van der Waals surface area contributed by atoms with Crippen LogP contribution in [0.1, 0.15) is 19.3 Å². The summed E-state index contributed by atoms with van der Waals surface area (Å²) in [5.41, 5.74) is 6.39. The van der Waals surface area contributed by atoms with Gasteiger partial charge in [-0.15, -0.1) is 0 Å². The topological polar surface area (TPSA) is 92.3 Å². The molecule has 2 fully saturated rings. The van der Waals surface area contributed by atoms with Crippen LogP contribution in [0.15, 0.2) is 42.5 Å². The second-order valence-corrected chi connectivity index (χ2v) is 8.00. The minimum absolute atomic E-state index is 0.0878. The molecule has 2 aliphatic rings. The largest absolute Gasteiger partial charge is 0.507 e. The number of nitrogens with zero attached hydrogens (tertiary/aromatic N) is 3. The molecule has 3 N–H and O–H groups in total. The Labute approximate surface area is 167 Å². The Balaban J connectivity index is 1.60. The summed E-state index contributed by atoms with van der Waals surface area (Å²) < 4.78 is 14.0. The molecule has 7 heteroatoms.